The van der Waals surface area contributed by atoms with Crippen molar-refractivity contribution in [1.29, 1.82) is 0 Å². The van der Waals surface area contributed by atoms with Crippen molar-refractivity contribution in [3.8, 4) is 0 Å². The van der Waals surface area contributed by atoms with Gasteiger partial charge in [0.2, 0.25) is 0 Å². The van der Waals surface area contributed by atoms with E-state index in [9.17, 15) is 4.79 Å². The molecule has 1 aromatic rings. The second kappa shape index (κ2) is 6.39. The molecule has 0 N–H and O–H groups in total. The zero-order chi connectivity index (χ0) is 14.7. The second-order valence-corrected chi connectivity index (χ2v) is 5.72. The third kappa shape index (κ3) is 3.16. The molecule has 1 aliphatic carbocycles. The van der Waals surface area contributed by atoms with E-state index in [2.05, 4.69) is 22.0 Å². The lowest BCUT2D eigenvalue weighted by atomic mass is 9.94. The van der Waals surface area contributed by atoms with Crippen molar-refractivity contribution in [3.63, 3.8) is 0 Å². The van der Waals surface area contributed by atoms with E-state index < -0.39 is 0 Å². The van der Waals surface area contributed by atoms with E-state index in [1.807, 2.05) is 6.20 Å². The Morgan fingerprint density at radius 2 is 2.10 bits per heavy atom. The number of rotatable bonds is 3. The number of hydrogen-bond acceptors (Lipinski definition) is 4. The van der Waals surface area contributed by atoms with Crippen LogP contribution in [0.5, 0.6) is 0 Å². The zero-order valence-electron chi connectivity index (χ0n) is 12.6. The molecule has 3 rings (SSSR count). The number of anilines is 1. The fourth-order valence-electron chi connectivity index (χ4n) is 3.05. The van der Waals surface area contributed by atoms with Crippen molar-refractivity contribution in [2.75, 3.05) is 31.2 Å². The molecule has 1 aliphatic heterocycles. The van der Waals surface area contributed by atoms with Crippen LogP contribution in [0.1, 0.15) is 48.7 Å². The summed E-state index contributed by atoms with van der Waals surface area (Å²) in [7, 11) is 0. The molecule has 21 heavy (non-hydrogen) atoms. The van der Waals surface area contributed by atoms with Gasteiger partial charge >= 0.3 is 0 Å². The highest BCUT2D eigenvalue weighted by Crippen LogP contribution is 2.30. The van der Waals surface area contributed by atoms with Gasteiger partial charge < -0.3 is 9.64 Å². The van der Waals surface area contributed by atoms with Crippen LogP contribution in [0.2, 0.25) is 0 Å². The Kier molecular flexibility index (Phi) is 4.34. The first-order valence-corrected chi connectivity index (χ1v) is 7.79. The van der Waals surface area contributed by atoms with Gasteiger partial charge in [0.05, 0.1) is 18.9 Å². The van der Waals surface area contributed by atoms with Gasteiger partial charge in [0.25, 0.3) is 0 Å². The monoisotopic (exact) mass is 286 g/mol. The highest BCUT2D eigenvalue weighted by Gasteiger charge is 2.19. The smallest absolute Gasteiger partial charge is 0.180 e. The molecule has 0 atom stereocenters. The quantitative estimate of drug-likeness (QED) is 0.801. The van der Waals surface area contributed by atoms with Gasteiger partial charge in [0, 0.05) is 26.2 Å². The summed E-state index contributed by atoms with van der Waals surface area (Å²) >= 11 is 0. The zero-order valence-corrected chi connectivity index (χ0v) is 12.6. The average Bonchev–Trinajstić information content (AvgIpc) is 2.56. The first-order chi connectivity index (χ1) is 10.3. The third-order valence-electron chi connectivity index (χ3n) is 4.21. The van der Waals surface area contributed by atoms with E-state index in [0.717, 1.165) is 31.6 Å². The largest absolute Gasteiger partial charge is 0.378 e. The van der Waals surface area contributed by atoms with Gasteiger partial charge in [-0.3, -0.25) is 9.78 Å². The van der Waals surface area contributed by atoms with Gasteiger partial charge in [-0.05, 0) is 42.9 Å². The Hall–Kier alpha value is -1.68. The minimum absolute atomic E-state index is 0.0284. The molecular weight excluding hydrogens is 264 g/mol. The molecule has 1 aromatic heterocycles. The normalized spacial score (nSPS) is 19.3. The van der Waals surface area contributed by atoms with Crippen LogP contribution in [0.3, 0.4) is 0 Å². The number of ether oxygens (including phenoxy) is 1. The molecule has 0 aromatic carbocycles. The first-order valence-electron chi connectivity index (χ1n) is 7.79. The fourth-order valence-corrected chi connectivity index (χ4v) is 3.05. The van der Waals surface area contributed by atoms with Gasteiger partial charge in [-0.1, -0.05) is 6.08 Å². The fraction of sp³-hybridized carbons (Fsp3) is 0.529. The van der Waals surface area contributed by atoms with E-state index in [1.165, 1.54) is 24.0 Å². The predicted octanol–water partition coefficient (Wildman–Crippen LogP) is 3.08. The second-order valence-electron chi connectivity index (χ2n) is 5.72. The van der Waals surface area contributed by atoms with Crippen LogP contribution in [0.4, 0.5) is 5.69 Å². The lowest BCUT2D eigenvalue weighted by molar-refractivity contribution is 0.101. The Labute approximate surface area is 125 Å². The lowest BCUT2D eigenvalue weighted by Gasteiger charge is -2.30. The number of carbonyl (C=O) groups excluding carboxylic acids is 1. The molecule has 1 fully saturated rings. The first kappa shape index (κ1) is 14.3. The van der Waals surface area contributed by atoms with E-state index in [4.69, 9.17) is 4.74 Å². The number of pyridine rings is 1. The standard InChI is InChI=1S/C17H22N2O2/c1-13(20)17-16(19-7-9-21-10-8-19)11-15(12-18-17)14-5-3-2-4-6-14/h5,11-12H,2-4,6-10H2,1H3. The highest BCUT2D eigenvalue weighted by molar-refractivity contribution is 5.98. The number of nitrogens with zero attached hydrogens (tertiary/aromatic N) is 2. The number of Topliss-reactive ketones (excluding diaryl/α,β-unsaturated/α-hetero) is 1. The van der Waals surface area contributed by atoms with Crippen molar-refractivity contribution in [2.45, 2.75) is 32.6 Å². The van der Waals surface area contributed by atoms with E-state index >= 15 is 0 Å². The maximum Gasteiger partial charge on any atom is 0.180 e. The van der Waals surface area contributed by atoms with Crippen molar-refractivity contribution < 1.29 is 9.53 Å². The molecule has 0 spiro atoms. The lowest BCUT2D eigenvalue weighted by Crippen LogP contribution is -2.37. The topological polar surface area (TPSA) is 42.4 Å². The van der Waals surface area contributed by atoms with Crippen LogP contribution in [-0.4, -0.2) is 37.1 Å². The minimum atomic E-state index is 0.0284. The molecule has 0 bridgehead atoms. The molecule has 2 heterocycles. The molecule has 4 heteroatoms. The molecule has 112 valence electrons. The summed E-state index contributed by atoms with van der Waals surface area (Å²) in [6.07, 6.45) is 8.96. The number of ketones is 1. The van der Waals surface area contributed by atoms with Crippen molar-refractivity contribution in [3.05, 3.63) is 29.6 Å². The third-order valence-corrected chi connectivity index (χ3v) is 4.21. The molecule has 4 nitrogen and oxygen atoms in total. The summed E-state index contributed by atoms with van der Waals surface area (Å²) in [6.45, 7) is 4.66. The molecule has 0 saturated carbocycles. The van der Waals surface area contributed by atoms with Crippen molar-refractivity contribution in [2.24, 2.45) is 0 Å². The van der Waals surface area contributed by atoms with Gasteiger partial charge in [0.15, 0.2) is 5.78 Å². The summed E-state index contributed by atoms with van der Waals surface area (Å²) in [5.74, 6) is 0.0284. The van der Waals surface area contributed by atoms with Crippen LogP contribution in [-0.2, 0) is 4.74 Å². The molecule has 0 unspecified atom stereocenters. The van der Waals surface area contributed by atoms with Crippen molar-refractivity contribution >= 4 is 17.0 Å². The minimum Gasteiger partial charge on any atom is -0.378 e. The van der Waals surface area contributed by atoms with Crippen LogP contribution < -0.4 is 4.90 Å². The van der Waals surface area contributed by atoms with Gasteiger partial charge in [0.1, 0.15) is 5.69 Å². The number of aromatic nitrogens is 1. The summed E-state index contributed by atoms with van der Waals surface area (Å²) in [5, 5.41) is 0. The Balaban J connectivity index is 1.97. The molecule has 2 aliphatic rings. The molecule has 1 saturated heterocycles. The number of hydrogen-bond donors (Lipinski definition) is 0. The van der Waals surface area contributed by atoms with Crippen LogP contribution >= 0.6 is 0 Å². The van der Waals surface area contributed by atoms with Gasteiger partial charge in [-0.25, -0.2) is 0 Å². The van der Waals surface area contributed by atoms with E-state index in [1.54, 1.807) is 6.92 Å². The number of allylic oxidation sites excluding steroid dienone is 2. The maximum absolute atomic E-state index is 11.9. The average molecular weight is 286 g/mol. The molecule has 0 radical (unpaired) electrons. The number of carbonyl (C=O) groups is 1. The summed E-state index contributed by atoms with van der Waals surface area (Å²) in [5.41, 5.74) is 4.09. The van der Waals surface area contributed by atoms with Crippen LogP contribution in [0, 0.1) is 0 Å². The maximum atomic E-state index is 11.9. The van der Waals surface area contributed by atoms with Crippen LogP contribution in [0.15, 0.2) is 18.3 Å². The summed E-state index contributed by atoms with van der Waals surface area (Å²) < 4.78 is 5.41. The molecular formula is C17H22N2O2. The van der Waals surface area contributed by atoms with Crippen molar-refractivity contribution in [1.82, 2.24) is 4.98 Å². The highest BCUT2D eigenvalue weighted by atomic mass is 16.5. The summed E-state index contributed by atoms with van der Waals surface area (Å²) in [6, 6.07) is 2.15. The SMILES string of the molecule is CC(=O)c1ncc(C2=CCCCC2)cc1N1CCOCC1. The van der Waals surface area contributed by atoms with E-state index in [0.29, 0.717) is 18.9 Å². The van der Waals surface area contributed by atoms with E-state index in [-0.39, 0.29) is 5.78 Å². The Bertz CT molecular complexity index is 560. The molecule has 0 amide bonds. The predicted molar refractivity (Wildman–Crippen MR) is 83.7 cm³/mol. The summed E-state index contributed by atoms with van der Waals surface area (Å²) in [4.78, 5) is 18.5. The Morgan fingerprint density at radius 3 is 2.76 bits per heavy atom. The van der Waals surface area contributed by atoms with Gasteiger partial charge in [-0.2, -0.15) is 0 Å². The number of morpholine rings is 1. The Morgan fingerprint density at radius 1 is 1.29 bits per heavy atom. The van der Waals surface area contributed by atoms with Crippen LogP contribution in [0.25, 0.3) is 5.57 Å². The van der Waals surface area contributed by atoms with Gasteiger partial charge in [-0.15, -0.1) is 0 Å².